The molecule has 2 rings (SSSR count). The minimum Gasteiger partial charge on any atom is -0.465 e. The molecule has 23 heavy (non-hydrogen) atoms. The quantitative estimate of drug-likeness (QED) is 0.795. The standard InChI is InChI=1S/C20H25NO2/c1-16(21-3)14-20(15-23-17(2)22,18-10-6-4-7-11-18)19-12-8-5-9-13-19/h4-13,16,21H,14-15H2,1-3H3/t16-/m0/s1. The van der Waals surface area contributed by atoms with Gasteiger partial charge in [0.05, 0.1) is 5.41 Å². The summed E-state index contributed by atoms with van der Waals surface area (Å²) < 4.78 is 5.49. The second kappa shape index (κ2) is 7.93. The van der Waals surface area contributed by atoms with E-state index in [-0.39, 0.29) is 17.4 Å². The number of rotatable bonds is 7. The molecule has 0 amide bonds. The molecule has 122 valence electrons. The molecule has 0 aliphatic heterocycles. The van der Waals surface area contributed by atoms with Crippen LogP contribution in [0.5, 0.6) is 0 Å². The van der Waals surface area contributed by atoms with Crippen LogP contribution < -0.4 is 5.32 Å². The van der Waals surface area contributed by atoms with Crippen molar-refractivity contribution in [2.75, 3.05) is 13.7 Å². The molecule has 0 fully saturated rings. The Labute approximate surface area is 138 Å². The molecule has 0 saturated carbocycles. The molecule has 0 aliphatic carbocycles. The fourth-order valence-corrected chi connectivity index (χ4v) is 2.99. The van der Waals surface area contributed by atoms with Gasteiger partial charge in [0.1, 0.15) is 6.61 Å². The van der Waals surface area contributed by atoms with Crippen molar-refractivity contribution in [3.63, 3.8) is 0 Å². The van der Waals surface area contributed by atoms with E-state index < -0.39 is 0 Å². The maximum atomic E-state index is 11.5. The smallest absolute Gasteiger partial charge is 0.302 e. The van der Waals surface area contributed by atoms with Crippen molar-refractivity contribution in [3.8, 4) is 0 Å². The van der Waals surface area contributed by atoms with Crippen LogP contribution in [0.1, 0.15) is 31.4 Å². The van der Waals surface area contributed by atoms with E-state index >= 15 is 0 Å². The summed E-state index contributed by atoms with van der Waals surface area (Å²) in [5, 5.41) is 3.31. The molecule has 2 aromatic carbocycles. The van der Waals surface area contributed by atoms with E-state index in [4.69, 9.17) is 4.74 Å². The summed E-state index contributed by atoms with van der Waals surface area (Å²) in [6.07, 6.45) is 0.838. The third kappa shape index (κ3) is 4.20. The van der Waals surface area contributed by atoms with Crippen molar-refractivity contribution in [2.24, 2.45) is 0 Å². The summed E-state index contributed by atoms with van der Waals surface area (Å²) in [5.74, 6) is -0.252. The highest BCUT2D eigenvalue weighted by atomic mass is 16.5. The van der Waals surface area contributed by atoms with Gasteiger partial charge in [-0.25, -0.2) is 0 Å². The van der Waals surface area contributed by atoms with Gasteiger partial charge in [-0.15, -0.1) is 0 Å². The molecule has 0 saturated heterocycles. The Kier molecular flexibility index (Phi) is 5.94. The summed E-state index contributed by atoms with van der Waals surface area (Å²) in [5.41, 5.74) is 1.96. The van der Waals surface area contributed by atoms with Gasteiger partial charge in [-0.3, -0.25) is 4.79 Å². The molecule has 0 heterocycles. The molecule has 0 radical (unpaired) electrons. The summed E-state index contributed by atoms with van der Waals surface area (Å²) in [4.78, 5) is 11.5. The van der Waals surface area contributed by atoms with E-state index in [0.29, 0.717) is 6.61 Å². The van der Waals surface area contributed by atoms with E-state index in [1.165, 1.54) is 6.92 Å². The van der Waals surface area contributed by atoms with Crippen LogP contribution in [0.4, 0.5) is 0 Å². The first-order valence-corrected chi connectivity index (χ1v) is 8.00. The molecule has 0 unspecified atom stereocenters. The number of ether oxygens (including phenoxy) is 1. The number of esters is 1. The van der Waals surface area contributed by atoms with Gasteiger partial charge in [0, 0.05) is 13.0 Å². The fraction of sp³-hybridized carbons (Fsp3) is 0.350. The van der Waals surface area contributed by atoms with E-state index in [1.807, 2.05) is 43.4 Å². The Morgan fingerprint density at radius 1 is 1.04 bits per heavy atom. The van der Waals surface area contributed by atoms with Gasteiger partial charge < -0.3 is 10.1 Å². The summed E-state index contributed by atoms with van der Waals surface area (Å²) in [7, 11) is 1.96. The lowest BCUT2D eigenvalue weighted by Crippen LogP contribution is -2.40. The van der Waals surface area contributed by atoms with E-state index in [9.17, 15) is 4.79 Å². The minimum absolute atomic E-state index is 0.252. The first kappa shape index (κ1) is 17.2. The Balaban J connectivity index is 2.54. The normalized spacial score (nSPS) is 12.7. The number of hydrogen-bond acceptors (Lipinski definition) is 3. The first-order valence-electron chi connectivity index (χ1n) is 8.00. The van der Waals surface area contributed by atoms with Crippen molar-refractivity contribution in [3.05, 3.63) is 71.8 Å². The molecule has 0 aromatic heterocycles. The zero-order valence-electron chi connectivity index (χ0n) is 14.1. The van der Waals surface area contributed by atoms with Crippen LogP contribution in [0.3, 0.4) is 0 Å². The highest BCUT2D eigenvalue weighted by Crippen LogP contribution is 2.37. The van der Waals surface area contributed by atoms with Gasteiger partial charge in [-0.1, -0.05) is 60.7 Å². The first-order chi connectivity index (χ1) is 11.1. The zero-order chi connectivity index (χ0) is 16.7. The molecule has 1 N–H and O–H groups in total. The molecule has 3 heteroatoms. The number of benzene rings is 2. The Morgan fingerprint density at radius 2 is 1.52 bits per heavy atom. The Bertz CT molecular complexity index is 571. The van der Waals surface area contributed by atoms with Crippen LogP contribution in [-0.2, 0) is 14.9 Å². The number of nitrogens with one attached hydrogen (secondary N) is 1. The molecule has 0 spiro atoms. The monoisotopic (exact) mass is 311 g/mol. The van der Waals surface area contributed by atoms with E-state index in [2.05, 4.69) is 36.5 Å². The number of carbonyl (C=O) groups is 1. The van der Waals surface area contributed by atoms with Crippen LogP contribution in [0.2, 0.25) is 0 Å². The van der Waals surface area contributed by atoms with Crippen LogP contribution in [0.25, 0.3) is 0 Å². The molecule has 0 bridgehead atoms. The predicted molar refractivity (Wildman–Crippen MR) is 93.4 cm³/mol. The van der Waals surface area contributed by atoms with Crippen molar-refractivity contribution in [1.82, 2.24) is 5.32 Å². The average molecular weight is 311 g/mol. The summed E-state index contributed by atoms with van der Waals surface area (Å²) in [6.45, 7) is 3.94. The second-order valence-electron chi connectivity index (χ2n) is 5.99. The van der Waals surface area contributed by atoms with E-state index in [0.717, 1.165) is 17.5 Å². The largest absolute Gasteiger partial charge is 0.465 e. The molecule has 2 aromatic rings. The van der Waals surface area contributed by atoms with Crippen LogP contribution in [0.15, 0.2) is 60.7 Å². The molecular formula is C20H25NO2. The van der Waals surface area contributed by atoms with E-state index in [1.54, 1.807) is 0 Å². The van der Waals surface area contributed by atoms with Crippen LogP contribution in [-0.4, -0.2) is 25.7 Å². The Morgan fingerprint density at radius 3 is 1.91 bits per heavy atom. The lowest BCUT2D eigenvalue weighted by molar-refractivity contribution is -0.142. The fourth-order valence-electron chi connectivity index (χ4n) is 2.99. The van der Waals surface area contributed by atoms with Gasteiger partial charge in [0.2, 0.25) is 0 Å². The summed E-state index contributed by atoms with van der Waals surface area (Å²) in [6, 6.07) is 20.9. The van der Waals surface area contributed by atoms with Crippen molar-refractivity contribution in [1.29, 1.82) is 0 Å². The van der Waals surface area contributed by atoms with Gasteiger partial charge in [0.25, 0.3) is 0 Å². The highest BCUT2D eigenvalue weighted by molar-refractivity contribution is 5.66. The molecule has 3 nitrogen and oxygen atoms in total. The zero-order valence-corrected chi connectivity index (χ0v) is 14.1. The SMILES string of the molecule is CN[C@@H](C)CC(COC(C)=O)(c1ccccc1)c1ccccc1. The lowest BCUT2D eigenvalue weighted by atomic mass is 9.71. The third-order valence-electron chi connectivity index (χ3n) is 4.32. The maximum Gasteiger partial charge on any atom is 0.302 e. The van der Waals surface area contributed by atoms with Crippen LogP contribution >= 0.6 is 0 Å². The third-order valence-corrected chi connectivity index (χ3v) is 4.32. The topological polar surface area (TPSA) is 38.3 Å². The molecule has 1 atom stereocenters. The molecule has 0 aliphatic rings. The number of hydrogen-bond donors (Lipinski definition) is 1. The van der Waals surface area contributed by atoms with Gasteiger partial charge in [-0.2, -0.15) is 0 Å². The predicted octanol–water partition coefficient (Wildman–Crippen LogP) is 3.53. The maximum absolute atomic E-state index is 11.5. The minimum atomic E-state index is -0.364. The van der Waals surface area contributed by atoms with Gasteiger partial charge >= 0.3 is 5.97 Å². The summed E-state index contributed by atoms with van der Waals surface area (Å²) >= 11 is 0. The van der Waals surface area contributed by atoms with Crippen molar-refractivity contribution in [2.45, 2.75) is 31.7 Å². The van der Waals surface area contributed by atoms with Gasteiger partial charge in [0.15, 0.2) is 0 Å². The van der Waals surface area contributed by atoms with Crippen LogP contribution in [0, 0.1) is 0 Å². The van der Waals surface area contributed by atoms with Gasteiger partial charge in [-0.05, 0) is 31.5 Å². The highest BCUT2D eigenvalue weighted by Gasteiger charge is 2.36. The number of carbonyl (C=O) groups excluding carboxylic acids is 1. The lowest BCUT2D eigenvalue weighted by Gasteiger charge is -2.36. The average Bonchev–Trinajstić information content (AvgIpc) is 2.60. The molecular weight excluding hydrogens is 286 g/mol. The second-order valence-corrected chi connectivity index (χ2v) is 5.99. The van der Waals surface area contributed by atoms with Crippen molar-refractivity contribution >= 4 is 5.97 Å². The Hall–Kier alpha value is -2.13. The van der Waals surface area contributed by atoms with Crippen molar-refractivity contribution < 1.29 is 9.53 Å².